The molecule has 1 aromatic carbocycles. The molecule has 0 unspecified atom stereocenters. The monoisotopic (exact) mass is 448 g/mol. The average Bonchev–Trinajstić information content (AvgIpc) is 3.10. The number of anilines is 1. The number of thiophene rings is 1. The van der Waals surface area contributed by atoms with Crippen molar-refractivity contribution in [2.75, 3.05) is 11.9 Å². The van der Waals surface area contributed by atoms with E-state index < -0.39 is 17.5 Å². The molecule has 0 bridgehead atoms. The van der Waals surface area contributed by atoms with Crippen molar-refractivity contribution in [2.24, 2.45) is 0 Å². The summed E-state index contributed by atoms with van der Waals surface area (Å²) in [5, 5.41) is 15.9. The molecule has 4 amide bonds. The molecule has 2 aliphatic carbocycles. The van der Waals surface area contributed by atoms with E-state index in [1.165, 1.54) is 11.3 Å². The summed E-state index contributed by atoms with van der Waals surface area (Å²) in [6, 6.07) is 9.35. The number of carbonyl (C=O) groups is 3. The van der Waals surface area contributed by atoms with Crippen LogP contribution in [0.15, 0.2) is 24.3 Å². The number of fused-ring (bicyclic) bond motifs is 3. The normalized spacial score (nSPS) is 22.0. The number of urea groups is 1. The molecule has 1 saturated heterocycles. The second kappa shape index (κ2) is 8.06. The summed E-state index contributed by atoms with van der Waals surface area (Å²) in [5.41, 5.74) is 2.34. The summed E-state index contributed by atoms with van der Waals surface area (Å²) in [5.74, 6) is -0.852. The molecule has 7 nitrogen and oxygen atoms in total. The molecular formula is C24H24N4O3S. The Bertz CT molecular complexity index is 1160. The Balaban J connectivity index is 1.36. The molecule has 1 spiro atoms. The van der Waals surface area contributed by atoms with E-state index in [2.05, 4.69) is 16.7 Å². The highest BCUT2D eigenvalue weighted by Crippen LogP contribution is 2.40. The summed E-state index contributed by atoms with van der Waals surface area (Å²) in [6.45, 7) is -0.373. The molecule has 164 valence electrons. The van der Waals surface area contributed by atoms with Crippen LogP contribution in [-0.4, -0.2) is 29.3 Å². The van der Waals surface area contributed by atoms with E-state index in [-0.39, 0.29) is 12.5 Å². The molecule has 0 radical (unpaired) electrons. The summed E-state index contributed by atoms with van der Waals surface area (Å²) in [7, 11) is 0. The third-order valence-electron chi connectivity index (χ3n) is 6.74. The quantitative estimate of drug-likeness (QED) is 0.553. The second-order valence-electron chi connectivity index (χ2n) is 8.67. The number of hydrogen-bond acceptors (Lipinski definition) is 5. The Hall–Kier alpha value is -3.18. The molecule has 1 aromatic heterocycles. The number of hydrogen-bond donors (Lipinski definition) is 2. The van der Waals surface area contributed by atoms with Crippen molar-refractivity contribution in [3.8, 4) is 6.07 Å². The first-order valence-electron chi connectivity index (χ1n) is 11.1. The zero-order valence-corrected chi connectivity index (χ0v) is 18.5. The van der Waals surface area contributed by atoms with Crippen molar-refractivity contribution in [1.29, 1.82) is 5.26 Å². The molecule has 8 heteroatoms. The van der Waals surface area contributed by atoms with E-state index in [1.54, 1.807) is 0 Å². The summed E-state index contributed by atoms with van der Waals surface area (Å²) >= 11 is 1.44. The molecule has 5 rings (SSSR count). The van der Waals surface area contributed by atoms with Crippen molar-refractivity contribution in [3.05, 3.63) is 51.4 Å². The van der Waals surface area contributed by atoms with Gasteiger partial charge in [-0.3, -0.25) is 14.5 Å². The van der Waals surface area contributed by atoms with Gasteiger partial charge in [-0.15, -0.1) is 11.3 Å². The number of nitriles is 1. The number of aryl methyl sites for hydroxylation is 2. The van der Waals surface area contributed by atoms with Crippen LogP contribution in [0.1, 0.15) is 59.2 Å². The van der Waals surface area contributed by atoms with Crippen LogP contribution in [0.3, 0.4) is 0 Å². The third-order valence-corrected chi connectivity index (χ3v) is 7.95. The van der Waals surface area contributed by atoms with Crippen LogP contribution in [0.25, 0.3) is 0 Å². The maximum absolute atomic E-state index is 13.4. The minimum atomic E-state index is -1.09. The van der Waals surface area contributed by atoms with Crippen LogP contribution < -0.4 is 10.6 Å². The van der Waals surface area contributed by atoms with Crippen LogP contribution in [0.5, 0.6) is 0 Å². The fourth-order valence-electron chi connectivity index (χ4n) is 5.21. The lowest BCUT2D eigenvalue weighted by Gasteiger charge is -2.33. The Labute approximate surface area is 190 Å². The summed E-state index contributed by atoms with van der Waals surface area (Å²) in [6.07, 6.45) is 7.19. The molecule has 0 saturated carbocycles. The van der Waals surface area contributed by atoms with Gasteiger partial charge in [0.1, 0.15) is 23.2 Å². The van der Waals surface area contributed by atoms with Gasteiger partial charge in [-0.05, 0) is 61.6 Å². The first-order chi connectivity index (χ1) is 15.5. The highest BCUT2D eigenvalue weighted by molar-refractivity contribution is 7.16. The van der Waals surface area contributed by atoms with E-state index in [4.69, 9.17) is 0 Å². The van der Waals surface area contributed by atoms with Crippen molar-refractivity contribution >= 4 is 34.2 Å². The molecule has 3 aliphatic rings. The fraction of sp³-hybridized carbons (Fsp3) is 0.417. The Morgan fingerprint density at radius 3 is 2.81 bits per heavy atom. The van der Waals surface area contributed by atoms with Gasteiger partial charge in [0.25, 0.3) is 5.91 Å². The Morgan fingerprint density at radius 1 is 1.16 bits per heavy atom. The van der Waals surface area contributed by atoms with Gasteiger partial charge < -0.3 is 10.6 Å². The molecule has 1 aliphatic heterocycles. The van der Waals surface area contributed by atoms with E-state index in [1.807, 2.05) is 24.3 Å². The zero-order valence-electron chi connectivity index (χ0n) is 17.7. The zero-order chi connectivity index (χ0) is 22.3. The van der Waals surface area contributed by atoms with E-state index in [0.29, 0.717) is 17.0 Å². The smallest absolute Gasteiger partial charge is 0.319 e. The number of carbonyl (C=O) groups excluding carboxylic acids is 3. The Kier molecular flexibility index (Phi) is 5.22. The van der Waals surface area contributed by atoms with Crippen molar-refractivity contribution < 1.29 is 14.4 Å². The van der Waals surface area contributed by atoms with Gasteiger partial charge >= 0.3 is 6.03 Å². The van der Waals surface area contributed by atoms with Crippen molar-refractivity contribution in [2.45, 2.75) is 56.9 Å². The minimum absolute atomic E-state index is 0.373. The van der Waals surface area contributed by atoms with E-state index >= 15 is 0 Å². The number of amides is 4. The van der Waals surface area contributed by atoms with E-state index in [9.17, 15) is 19.6 Å². The number of rotatable bonds is 3. The van der Waals surface area contributed by atoms with Gasteiger partial charge in [-0.2, -0.15) is 5.26 Å². The topological polar surface area (TPSA) is 102 Å². The largest absolute Gasteiger partial charge is 0.325 e. The van der Waals surface area contributed by atoms with Crippen molar-refractivity contribution in [3.63, 3.8) is 0 Å². The molecule has 2 aromatic rings. The van der Waals surface area contributed by atoms with Gasteiger partial charge in [-0.25, -0.2) is 4.79 Å². The predicted molar refractivity (Wildman–Crippen MR) is 120 cm³/mol. The highest BCUT2D eigenvalue weighted by atomic mass is 32.1. The van der Waals surface area contributed by atoms with Crippen LogP contribution in [-0.2, 0) is 34.4 Å². The number of imide groups is 1. The fourth-order valence-corrected chi connectivity index (χ4v) is 6.47. The lowest BCUT2D eigenvalue weighted by Crippen LogP contribution is -2.47. The maximum Gasteiger partial charge on any atom is 0.325 e. The molecule has 2 N–H and O–H groups in total. The maximum atomic E-state index is 13.4. The van der Waals surface area contributed by atoms with Gasteiger partial charge in [0.05, 0.1) is 5.56 Å². The molecular weight excluding hydrogens is 424 g/mol. The van der Waals surface area contributed by atoms with Gasteiger partial charge in [0, 0.05) is 4.88 Å². The molecule has 1 fully saturated rings. The van der Waals surface area contributed by atoms with Crippen LogP contribution in [0, 0.1) is 11.3 Å². The summed E-state index contributed by atoms with van der Waals surface area (Å²) in [4.78, 5) is 41.1. The standard InChI is InChI=1S/C24H24N4O3S/c25-13-17-16-9-2-1-3-11-19(16)32-21(17)26-20(29)14-28-22(30)24(27-23(28)31)12-6-8-15-7-4-5-10-18(15)24/h4-5,7,10H,1-3,6,8-9,11-12,14H2,(H,26,29)(H,27,31)/t24-/m0/s1. The Morgan fingerprint density at radius 2 is 1.97 bits per heavy atom. The average molecular weight is 449 g/mol. The van der Waals surface area contributed by atoms with Gasteiger partial charge in [0.2, 0.25) is 5.91 Å². The highest BCUT2D eigenvalue weighted by Gasteiger charge is 2.54. The van der Waals surface area contributed by atoms with Crippen LogP contribution in [0.2, 0.25) is 0 Å². The van der Waals surface area contributed by atoms with Gasteiger partial charge in [0.15, 0.2) is 0 Å². The van der Waals surface area contributed by atoms with Crippen LogP contribution >= 0.6 is 11.3 Å². The lowest BCUT2D eigenvalue weighted by molar-refractivity contribution is -0.134. The van der Waals surface area contributed by atoms with Crippen molar-refractivity contribution in [1.82, 2.24) is 10.2 Å². The molecule has 2 heterocycles. The predicted octanol–water partition coefficient (Wildman–Crippen LogP) is 3.61. The SMILES string of the molecule is N#Cc1c(NC(=O)CN2C(=O)N[C@]3(CCCc4ccccc43)C2=O)sc2c1CCCCC2. The second-order valence-corrected chi connectivity index (χ2v) is 9.77. The molecule has 1 atom stereocenters. The molecule has 32 heavy (non-hydrogen) atoms. The first-order valence-corrected chi connectivity index (χ1v) is 11.9. The number of nitrogens with zero attached hydrogens (tertiary/aromatic N) is 2. The number of benzene rings is 1. The summed E-state index contributed by atoms with van der Waals surface area (Å²) < 4.78 is 0. The number of nitrogens with one attached hydrogen (secondary N) is 2. The van der Waals surface area contributed by atoms with Gasteiger partial charge in [-0.1, -0.05) is 30.7 Å². The van der Waals surface area contributed by atoms with Crippen LogP contribution in [0.4, 0.5) is 9.80 Å². The van der Waals surface area contributed by atoms with E-state index in [0.717, 1.165) is 71.4 Å². The minimum Gasteiger partial charge on any atom is -0.319 e. The lowest BCUT2D eigenvalue weighted by atomic mass is 9.76. The first kappa shape index (κ1) is 20.7. The third kappa shape index (κ3) is 3.28.